The summed E-state index contributed by atoms with van der Waals surface area (Å²) in [6.45, 7) is 5.50. The number of carbonyl (C=O) groups excluding carboxylic acids is 1. The van der Waals surface area contributed by atoms with Gasteiger partial charge in [-0.05, 0) is 20.3 Å². The van der Waals surface area contributed by atoms with Crippen molar-refractivity contribution in [2.75, 3.05) is 0 Å². The molecule has 0 atom stereocenters. The molecule has 0 rings (SSSR count). The van der Waals surface area contributed by atoms with E-state index >= 15 is 0 Å². The van der Waals surface area contributed by atoms with Crippen LogP contribution in [-0.2, 0) is 14.3 Å². The molecular weight excluding hydrogens is 172 g/mol. The Bertz CT molecular complexity index is 196. The predicted octanol–water partition coefficient (Wildman–Crippen LogP) is 1.58. The van der Waals surface area contributed by atoms with E-state index in [0.29, 0.717) is 6.42 Å². The van der Waals surface area contributed by atoms with Crippen molar-refractivity contribution in [3.63, 3.8) is 0 Å². The Hall–Kier alpha value is -1.06. The number of rotatable bonds is 5. The fourth-order valence-corrected chi connectivity index (χ4v) is 0.640. The van der Waals surface area contributed by atoms with E-state index in [1.54, 1.807) is 13.8 Å². The van der Waals surface area contributed by atoms with Crippen molar-refractivity contribution in [2.45, 2.75) is 45.6 Å². The van der Waals surface area contributed by atoms with Gasteiger partial charge in [-0.25, -0.2) is 0 Å². The molecule has 1 N–H and O–H groups in total. The summed E-state index contributed by atoms with van der Waals surface area (Å²) in [4.78, 5) is 21.2. The number of hydrogen-bond donors (Lipinski definition) is 1. The third-order valence-corrected chi connectivity index (χ3v) is 1.78. The zero-order valence-electron chi connectivity index (χ0n) is 8.29. The van der Waals surface area contributed by atoms with Gasteiger partial charge in [-0.15, -0.1) is 0 Å². The maximum atomic E-state index is 11.0. The van der Waals surface area contributed by atoms with E-state index < -0.39 is 17.5 Å². The van der Waals surface area contributed by atoms with Gasteiger partial charge in [0.2, 0.25) is 0 Å². The summed E-state index contributed by atoms with van der Waals surface area (Å²) in [5.41, 5.74) is -0.490. The first-order chi connectivity index (χ1) is 5.87. The lowest BCUT2D eigenvalue weighted by Crippen LogP contribution is -2.27. The van der Waals surface area contributed by atoms with E-state index in [9.17, 15) is 9.59 Å². The number of carbonyl (C=O) groups is 2. The van der Waals surface area contributed by atoms with Crippen LogP contribution in [-0.4, -0.2) is 22.6 Å². The Morgan fingerprint density at radius 2 is 1.85 bits per heavy atom. The summed E-state index contributed by atoms with van der Waals surface area (Å²) < 4.78 is 5.04. The minimum atomic E-state index is -0.980. The van der Waals surface area contributed by atoms with Gasteiger partial charge in [0.15, 0.2) is 0 Å². The molecule has 0 aliphatic carbocycles. The molecule has 0 bridgehead atoms. The van der Waals surface area contributed by atoms with Crippen LogP contribution in [0.2, 0.25) is 0 Å². The maximum absolute atomic E-state index is 11.0. The van der Waals surface area contributed by atoms with Gasteiger partial charge in [-0.3, -0.25) is 9.59 Å². The van der Waals surface area contributed by atoms with Crippen molar-refractivity contribution in [2.24, 2.45) is 0 Å². The first kappa shape index (κ1) is 11.9. The second-order valence-corrected chi connectivity index (χ2v) is 3.48. The van der Waals surface area contributed by atoms with Crippen molar-refractivity contribution in [3.8, 4) is 0 Å². The van der Waals surface area contributed by atoms with Crippen LogP contribution in [0.15, 0.2) is 0 Å². The monoisotopic (exact) mass is 188 g/mol. The fraction of sp³-hybridized carbons (Fsp3) is 0.778. The maximum Gasteiger partial charge on any atom is 0.306 e. The van der Waals surface area contributed by atoms with E-state index in [1.165, 1.54) is 0 Å². The zero-order chi connectivity index (χ0) is 10.5. The Labute approximate surface area is 77.9 Å². The van der Waals surface area contributed by atoms with Gasteiger partial charge in [0, 0.05) is 0 Å². The molecule has 0 spiro atoms. The molecule has 0 aromatic heterocycles. The lowest BCUT2D eigenvalue weighted by molar-refractivity contribution is -0.158. The molecule has 76 valence electrons. The van der Waals surface area contributed by atoms with Crippen molar-refractivity contribution >= 4 is 11.9 Å². The number of hydrogen-bond acceptors (Lipinski definition) is 3. The lowest BCUT2D eigenvalue weighted by atomic mass is 10.1. The average molecular weight is 188 g/mol. The highest BCUT2D eigenvalue weighted by Crippen LogP contribution is 2.14. The molecule has 4 heteroatoms. The number of carboxylic acids is 1. The van der Waals surface area contributed by atoms with Crippen LogP contribution in [0.3, 0.4) is 0 Å². The third kappa shape index (κ3) is 6.13. The minimum absolute atomic E-state index is 0.0568. The van der Waals surface area contributed by atoms with Crippen molar-refractivity contribution in [3.05, 3.63) is 0 Å². The molecule has 0 aromatic rings. The van der Waals surface area contributed by atoms with E-state index in [1.807, 2.05) is 6.92 Å². The standard InChI is InChI=1S/C9H16O4/c1-4-9(2,3)13-8(12)6-5-7(10)11/h4-6H2,1-3H3,(H,10,11). The summed E-state index contributed by atoms with van der Waals surface area (Å²) in [7, 11) is 0. The molecule has 0 unspecified atom stereocenters. The molecule has 0 fully saturated rings. The zero-order valence-corrected chi connectivity index (χ0v) is 8.29. The summed E-state index contributed by atoms with van der Waals surface area (Å²) in [6, 6.07) is 0. The van der Waals surface area contributed by atoms with Gasteiger partial charge >= 0.3 is 11.9 Å². The molecule has 0 heterocycles. The fourth-order valence-electron chi connectivity index (χ4n) is 0.640. The van der Waals surface area contributed by atoms with Crippen LogP contribution in [0.5, 0.6) is 0 Å². The predicted molar refractivity (Wildman–Crippen MR) is 47.3 cm³/mol. The summed E-state index contributed by atoms with van der Waals surface area (Å²) in [5, 5.41) is 8.31. The van der Waals surface area contributed by atoms with Crippen LogP contribution >= 0.6 is 0 Å². The molecule has 0 radical (unpaired) electrons. The normalized spacial score (nSPS) is 11.0. The number of aliphatic carboxylic acids is 1. The highest BCUT2D eigenvalue weighted by atomic mass is 16.6. The Kier molecular flexibility index (Phi) is 4.45. The smallest absolute Gasteiger partial charge is 0.306 e. The number of ether oxygens (including phenoxy) is 1. The van der Waals surface area contributed by atoms with Gasteiger partial charge < -0.3 is 9.84 Å². The Morgan fingerprint density at radius 3 is 2.23 bits per heavy atom. The molecule has 0 aromatic carbocycles. The molecule has 13 heavy (non-hydrogen) atoms. The topological polar surface area (TPSA) is 63.6 Å². The molecular formula is C9H16O4. The summed E-state index contributed by atoms with van der Waals surface area (Å²) in [6.07, 6.45) is 0.489. The number of esters is 1. The van der Waals surface area contributed by atoms with E-state index in [-0.39, 0.29) is 12.8 Å². The van der Waals surface area contributed by atoms with Crippen LogP contribution in [0, 0.1) is 0 Å². The van der Waals surface area contributed by atoms with E-state index in [4.69, 9.17) is 9.84 Å². The molecule has 0 aliphatic rings. The first-order valence-electron chi connectivity index (χ1n) is 4.31. The Morgan fingerprint density at radius 1 is 1.31 bits per heavy atom. The van der Waals surface area contributed by atoms with Gasteiger partial charge in [-0.1, -0.05) is 6.92 Å². The van der Waals surface area contributed by atoms with Gasteiger partial charge in [-0.2, -0.15) is 0 Å². The highest BCUT2D eigenvalue weighted by Gasteiger charge is 2.20. The third-order valence-electron chi connectivity index (χ3n) is 1.78. The highest BCUT2D eigenvalue weighted by molar-refractivity contribution is 5.76. The van der Waals surface area contributed by atoms with Crippen LogP contribution in [0.25, 0.3) is 0 Å². The lowest BCUT2D eigenvalue weighted by Gasteiger charge is -2.22. The quantitative estimate of drug-likeness (QED) is 0.665. The van der Waals surface area contributed by atoms with Crippen molar-refractivity contribution in [1.82, 2.24) is 0 Å². The van der Waals surface area contributed by atoms with Gasteiger partial charge in [0.1, 0.15) is 5.60 Å². The van der Waals surface area contributed by atoms with Crippen LogP contribution in [0.4, 0.5) is 0 Å². The van der Waals surface area contributed by atoms with Crippen LogP contribution < -0.4 is 0 Å². The molecule has 0 amide bonds. The van der Waals surface area contributed by atoms with Gasteiger partial charge in [0.05, 0.1) is 12.8 Å². The minimum Gasteiger partial charge on any atom is -0.481 e. The van der Waals surface area contributed by atoms with E-state index in [2.05, 4.69) is 0 Å². The largest absolute Gasteiger partial charge is 0.481 e. The Balaban J connectivity index is 3.81. The van der Waals surface area contributed by atoms with Crippen molar-refractivity contribution in [1.29, 1.82) is 0 Å². The van der Waals surface area contributed by atoms with Crippen LogP contribution in [0.1, 0.15) is 40.0 Å². The van der Waals surface area contributed by atoms with Crippen molar-refractivity contribution < 1.29 is 19.4 Å². The SMILES string of the molecule is CCC(C)(C)OC(=O)CCC(=O)O. The molecule has 0 saturated heterocycles. The molecule has 0 saturated carbocycles. The van der Waals surface area contributed by atoms with E-state index in [0.717, 1.165) is 0 Å². The second-order valence-electron chi connectivity index (χ2n) is 3.48. The average Bonchev–Trinajstić information content (AvgIpc) is 2.00. The summed E-state index contributed by atoms with van der Waals surface area (Å²) >= 11 is 0. The molecule has 4 nitrogen and oxygen atoms in total. The number of carboxylic acid groups (broad SMARTS) is 1. The van der Waals surface area contributed by atoms with Gasteiger partial charge in [0.25, 0.3) is 0 Å². The molecule has 0 aliphatic heterocycles. The summed E-state index contributed by atoms with van der Waals surface area (Å²) in [5.74, 6) is -1.43. The first-order valence-corrected chi connectivity index (χ1v) is 4.31. The second kappa shape index (κ2) is 4.84.